The number of hydrogen-bond donors (Lipinski definition) is 1. The van der Waals surface area contributed by atoms with Crippen LogP contribution in [-0.4, -0.2) is 36.3 Å². The van der Waals surface area contributed by atoms with Gasteiger partial charge in [0.15, 0.2) is 0 Å². The molecule has 1 N–H and O–H groups in total. The Bertz CT molecular complexity index is 794. The summed E-state index contributed by atoms with van der Waals surface area (Å²) in [5.41, 5.74) is -0.534. The number of aromatic nitrogens is 4. The topological polar surface area (TPSA) is 116 Å². The normalized spacial score (nSPS) is 15.1. The summed E-state index contributed by atoms with van der Waals surface area (Å²) in [6.45, 7) is 1.67. The molecule has 1 unspecified atom stereocenters. The average molecular weight is 352 g/mol. The van der Waals surface area contributed by atoms with Crippen molar-refractivity contribution >= 4 is 29.0 Å². The molecule has 1 aliphatic rings. The number of tetrazole rings is 1. The van der Waals surface area contributed by atoms with Crippen molar-refractivity contribution in [2.45, 2.75) is 36.2 Å². The second kappa shape index (κ2) is 6.51. The summed E-state index contributed by atoms with van der Waals surface area (Å²) in [4.78, 5) is 22.1. The molecule has 9 nitrogen and oxygen atoms in total. The maximum absolute atomic E-state index is 13.3. The predicted octanol–water partition coefficient (Wildman–Crippen LogP) is 2.17. The third-order valence-corrected chi connectivity index (χ3v) is 4.46. The third kappa shape index (κ3) is 3.50. The molecule has 0 aliphatic heterocycles. The van der Waals surface area contributed by atoms with Crippen molar-refractivity contribution in [3.63, 3.8) is 0 Å². The minimum Gasteiger partial charge on any atom is -0.325 e. The van der Waals surface area contributed by atoms with E-state index in [9.17, 15) is 19.3 Å². The lowest BCUT2D eigenvalue weighted by Gasteiger charge is -2.11. The fourth-order valence-electron chi connectivity index (χ4n) is 2.00. The van der Waals surface area contributed by atoms with Gasteiger partial charge in [-0.1, -0.05) is 11.8 Å². The minimum atomic E-state index is -0.955. The van der Waals surface area contributed by atoms with Gasteiger partial charge < -0.3 is 5.32 Å². The lowest BCUT2D eigenvalue weighted by molar-refractivity contribution is -0.387. The Balaban J connectivity index is 1.67. The van der Waals surface area contributed by atoms with E-state index in [1.165, 1.54) is 17.8 Å². The van der Waals surface area contributed by atoms with E-state index in [-0.39, 0.29) is 17.6 Å². The van der Waals surface area contributed by atoms with Gasteiger partial charge in [-0.05, 0) is 42.3 Å². The van der Waals surface area contributed by atoms with Crippen LogP contribution >= 0.6 is 11.8 Å². The Morgan fingerprint density at radius 2 is 2.29 bits per heavy atom. The van der Waals surface area contributed by atoms with Gasteiger partial charge in [-0.15, -0.1) is 5.10 Å². The summed E-state index contributed by atoms with van der Waals surface area (Å²) in [5, 5.41) is 24.7. The fourth-order valence-corrected chi connectivity index (χ4v) is 2.86. The highest BCUT2D eigenvalue weighted by atomic mass is 32.2. The van der Waals surface area contributed by atoms with Crippen LogP contribution in [0, 0.1) is 15.9 Å². The molecule has 1 atom stereocenters. The quantitative estimate of drug-likeness (QED) is 0.481. The molecule has 1 amide bonds. The van der Waals surface area contributed by atoms with Crippen molar-refractivity contribution in [3.8, 4) is 0 Å². The summed E-state index contributed by atoms with van der Waals surface area (Å²) < 4.78 is 15.0. The second-order valence-electron chi connectivity index (χ2n) is 5.31. The van der Waals surface area contributed by atoms with E-state index < -0.39 is 21.7 Å². The van der Waals surface area contributed by atoms with Gasteiger partial charge >= 0.3 is 5.69 Å². The molecule has 1 fully saturated rings. The van der Waals surface area contributed by atoms with Crippen LogP contribution in [0.15, 0.2) is 23.4 Å². The number of rotatable bonds is 6. The zero-order chi connectivity index (χ0) is 17.3. The SMILES string of the molecule is CC(Sc1nnnn1C1CC1)C(=O)Nc1ccc(F)c([N+](=O)[O-])c1. The van der Waals surface area contributed by atoms with Crippen molar-refractivity contribution < 1.29 is 14.1 Å². The highest BCUT2D eigenvalue weighted by Crippen LogP contribution is 2.37. The number of thioether (sulfide) groups is 1. The van der Waals surface area contributed by atoms with Crippen LogP contribution in [0.3, 0.4) is 0 Å². The van der Waals surface area contributed by atoms with E-state index in [2.05, 4.69) is 20.8 Å². The summed E-state index contributed by atoms with van der Waals surface area (Å²) in [6, 6.07) is 3.49. The largest absolute Gasteiger partial charge is 0.325 e. The molecule has 1 heterocycles. The van der Waals surface area contributed by atoms with Gasteiger partial charge in [-0.25, -0.2) is 4.68 Å². The van der Waals surface area contributed by atoms with Crippen molar-refractivity contribution in [3.05, 3.63) is 34.1 Å². The Labute approximate surface area is 139 Å². The molecule has 3 rings (SSSR count). The Morgan fingerprint density at radius 3 is 2.96 bits per heavy atom. The van der Waals surface area contributed by atoms with Crippen molar-refractivity contribution in [1.29, 1.82) is 0 Å². The number of nitrogens with one attached hydrogen (secondary N) is 1. The number of carbonyl (C=O) groups is 1. The van der Waals surface area contributed by atoms with Gasteiger partial charge in [0.1, 0.15) is 0 Å². The van der Waals surface area contributed by atoms with E-state index >= 15 is 0 Å². The first-order valence-electron chi connectivity index (χ1n) is 7.15. The summed E-state index contributed by atoms with van der Waals surface area (Å²) >= 11 is 1.19. The maximum Gasteiger partial charge on any atom is 0.306 e. The van der Waals surface area contributed by atoms with Crippen LogP contribution < -0.4 is 5.32 Å². The molecule has 1 aliphatic carbocycles. The number of nitro groups is 1. The van der Waals surface area contributed by atoms with E-state index in [1.54, 1.807) is 11.6 Å². The van der Waals surface area contributed by atoms with Gasteiger partial charge in [0.2, 0.25) is 16.9 Å². The van der Waals surface area contributed by atoms with Crippen LogP contribution in [0.5, 0.6) is 0 Å². The number of halogens is 1. The molecule has 11 heteroatoms. The Kier molecular flexibility index (Phi) is 4.42. The van der Waals surface area contributed by atoms with Crippen molar-refractivity contribution in [2.75, 3.05) is 5.32 Å². The van der Waals surface area contributed by atoms with Crippen molar-refractivity contribution in [2.24, 2.45) is 0 Å². The van der Waals surface area contributed by atoms with Crippen LogP contribution in [0.1, 0.15) is 25.8 Å². The number of hydrogen-bond acceptors (Lipinski definition) is 7. The molecule has 24 heavy (non-hydrogen) atoms. The van der Waals surface area contributed by atoms with E-state index in [0.717, 1.165) is 25.0 Å². The maximum atomic E-state index is 13.3. The molecule has 1 saturated carbocycles. The zero-order valence-corrected chi connectivity index (χ0v) is 13.4. The molecule has 2 aromatic rings. The lowest BCUT2D eigenvalue weighted by atomic mass is 10.2. The summed E-state index contributed by atoms with van der Waals surface area (Å²) in [5.74, 6) is -1.34. The van der Waals surface area contributed by atoms with Gasteiger partial charge in [-0.2, -0.15) is 4.39 Å². The Morgan fingerprint density at radius 1 is 1.54 bits per heavy atom. The summed E-state index contributed by atoms with van der Waals surface area (Å²) in [6.07, 6.45) is 2.02. The number of benzene rings is 1. The van der Waals surface area contributed by atoms with Crippen LogP contribution in [0.25, 0.3) is 0 Å². The van der Waals surface area contributed by atoms with Crippen LogP contribution in [-0.2, 0) is 4.79 Å². The van der Waals surface area contributed by atoms with E-state index in [4.69, 9.17) is 0 Å². The molecule has 1 aromatic carbocycles. The first-order valence-corrected chi connectivity index (χ1v) is 8.03. The first-order chi connectivity index (χ1) is 11.5. The minimum absolute atomic E-state index is 0.155. The molecule has 126 valence electrons. The molecule has 0 bridgehead atoms. The predicted molar refractivity (Wildman–Crippen MR) is 83.1 cm³/mol. The molecule has 0 saturated heterocycles. The van der Waals surface area contributed by atoms with Gasteiger partial charge in [0.05, 0.1) is 16.2 Å². The van der Waals surface area contributed by atoms with Crippen LogP contribution in [0.4, 0.5) is 15.8 Å². The number of nitro benzene ring substituents is 1. The molecular formula is C13H13FN6O3S. The summed E-state index contributed by atoms with van der Waals surface area (Å²) in [7, 11) is 0. The monoisotopic (exact) mass is 352 g/mol. The second-order valence-corrected chi connectivity index (χ2v) is 6.62. The number of amides is 1. The molecule has 0 spiro atoms. The fraction of sp³-hybridized carbons (Fsp3) is 0.385. The Hall–Kier alpha value is -2.56. The highest BCUT2D eigenvalue weighted by Gasteiger charge is 2.29. The molecule has 0 radical (unpaired) electrons. The zero-order valence-electron chi connectivity index (χ0n) is 12.5. The smallest absolute Gasteiger partial charge is 0.306 e. The van der Waals surface area contributed by atoms with Gasteiger partial charge in [0, 0.05) is 11.8 Å². The standard InChI is InChI=1S/C13H13FN6O3S/c1-7(24-13-16-17-18-19(13)9-3-4-9)12(21)15-8-2-5-10(14)11(6-8)20(22)23/h2,5-7,9H,3-4H2,1H3,(H,15,21). The number of anilines is 1. The third-order valence-electron chi connectivity index (χ3n) is 3.42. The van der Waals surface area contributed by atoms with Crippen molar-refractivity contribution in [1.82, 2.24) is 20.2 Å². The molecular weight excluding hydrogens is 339 g/mol. The highest BCUT2D eigenvalue weighted by molar-refractivity contribution is 8.00. The van der Waals surface area contributed by atoms with E-state index in [0.29, 0.717) is 5.16 Å². The van der Waals surface area contributed by atoms with Gasteiger partial charge in [-0.3, -0.25) is 14.9 Å². The lowest BCUT2D eigenvalue weighted by Crippen LogP contribution is -2.23. The first kappa shape index (κ1) is 16.3. The van der Waals surface area contributed by atoms with Gasteiger partial charge in [0.25, 0.3) is 0 Å². The number of nitrogens with zero attached hydrogens (tertiary/aromatic N) is 5. The van der Waals surface area contributed by atoms with E-state index in [1.807, 2.05) is 0 Å². The number of carbonyl (C=O) groups excluding carboxylic acids is 1. The molecule has 1 aromatic heterocycles. The van der Waals surface area contributed by atoms with Crippen LogP contribution in [0.2, 0.25) is 0 Å². The average Bonchev–Trinajstić information content (AvgIpc) is 3.28.